The number of hydrogen-bond acceptors (Lipinski definition) is 3. The Hall–Kier alpha value is -0.610. The lowest BCUT2D eigenvalue weighted by Gasteiger charge is -2.18. The van der Waals surface area contributed by atoms with Crippen LogP contribution in [0.4, 0.5) is 0 Å². The zero-order valence-corrected chi connectivity index (χ0v) is 8.78. The van der Waals surface area contributed by atoms with Gasteiger partial charge in [0.15, 0.2) is 0 Å². The normalized spacial score (nSPS) is 23.9. The van der Waals surface area contributed by atoms with Crippen LogP contribution in [0.15, 0.2) is 0 Å². The van der Waals surface area contributed by atoms with E-state index in [4.69, 9.17) is 4.84 Å². The van der Waals surface area contributed by atoms with Gasteiger partial charge in [-0.2, -0.15) is 5.06 Å². The molecule has 1 rings (SSSR count). The van der Waals surface area contributed by atoms with E-state index in [1.807, 2.05) is 5.06 Å². The highest BCUT2D eigenvalue weighted by Gasteiger charge is 2.31. The molecule has 1 atom stereocenters. The maximum atomic E-state index is 11.5. The second-order valence-electron chi connectivity index (χ2n) is 3.92. The van der Waals surface area contributed by atoms with Crippen LogP contribution in [-0.4, -0.2) is 49.2 Å². The summed E-state index contributed by atoms with van der Waals surface area (Å²) in [5.74, 6) is 0.167. The average molecular weight is 186 g/mol. The number of nitrogens with zero attached hydrogens (tertiary/aromatic N) is 2. The first-order valence-corrected chi connectivity index (χ1v) is 4.63. The smallest absolute Gasteiger partial charge is 0.228 e. The summed E-state index contributed by atoms with van der Waals surface area (Å²) in [7, 11) is 3.56. The van der Waals surface area contributed by atoms with Crippen molar-refractivity contribution in [2.24, 2.45) is 5.92 Å². The van der Waals surface area contributed by atoms with Crippen LogP contribution < -0.4 is 0 Å². The molecule has 1 saturated heterocycles. The standard InChI is InChI=1S/C9H18N2O2/c1-7(2)11-5-8(6-13-11)9(12)10(3)4/h7-8H,5-6H2,1-4H3. The molecule has 13 heavy (non-hydrogen) atoms. The molecular weight excluding hydrogens is 168 g/mol. The van der Waals surface area contributed by atoms with Gasteiger partial charge in [0.1, 0.15) is 0 Å². The summed E-state index contributed by atoms with van der Waals surface area (Å²) in [4.78, 5) is 18.5. The minimum Gasteiger partial charge on any atom is -0.348 e. The van der Waals surface area contributed by atoms with E-state index < -0.39 is 0 Å². The van der Waals surface area contributed by atoms with E-state index in [0.29, 0.717) is 19.2 Å². The highest BCUT2D eigenvalue weighted by molar-refractivity contribution is 5.78. The van der Waals surface area contributed by atoms with Gasteiger partial charge in [0.2, 0.25) is 5.91 Å². The van der Waals surface area contributed by atoms with E-state index in [1.54, 1.807) is 19.0 Å². The summed E-state index contributed by atoms with van der Waals surface area (Å²) in [6.45, 7) is 5.36. The molecule has 1 unspecified atom stereocenters. The first-order valence-electron chi connectivity index (χ1n) is 4.63. The van der Waals surface area contributed by atoms with Crippen molar-refractivity contribution < 1.29 is 9.63 Å². The minimum atomic E-state index is 0.0115. The topological polar surface area (TPSA) is 32.8 Å². The fraction of sp³-hybridized carbons (Fsp3) is 0.889. The van der Waals surface area contributed by atoms with E-state index in [1.165, 1.54) is 0 Å². The Morgan fingerprint density at radius 1 is 1.54 bits per heavy atom. The zero-order chi connectivity index (χ0) is 10.0. The lowest BCUT2D eigenvalue weighted by Crippen LogP contribution is -2.34. The number of hydrogen-bond donors (Lipinski definition) is 0. The van der Waals surface area contributed by atoms with Crippen LogP contribution in [0, 0.1) is 5.92 Å². The minimum absolute atomic E-state index is 0.0115. The van der Waals surface area contributed by atoms with E-state index in [2.05, 4.69) is 13.8 Å². The number of carbonyl (C=O) groups excluding carboxylic acids is 1. The summed E-state index contributed by atoms with van der Waals surface area (Å²) in [5.41, 5.74) is 0. The van der Waals surface area contributed by atoms with E-state index in [0.717, 1.165) is 0 Å². The second kappa shape index (κ2) is 4.07. The largest absolute Gasteiger partial charge is 0.348 e. The van der Waals surface area contributed by atoms with Crippen LogP contribution in [0.5, 0.6) is 0 Å². The lowest BCUT2D eigenvalue weighted by molar-refractivity contribution is -0.135. The Labute approximate surface area is 79.4 Å². The quantitative estimate of drug-likeness (QED) is 0.623. The molecule has 0 radical (unpaired) electrons. The molecule has 0 aromatic rings. The van der Waals surface area contributed by atoms with Crippen LogP contribution in [0.1, 0.15) is 13.8 Å². The van der Waals surface area contributed by atoms with Crippen molar-refractivity contribution >= 4 is 5.91 Å². The van der Waals surface area contributed by atoms with Crippen molar-refractivity contribution in [2.75, 3.05) is 27.2 Å². The van der Waals surface area contributed by atoms with Gasteiger partial charge in [-0.15, -0.1) is 0 Å². The number of carbonyl (C=O) groups is 1. The Kier molecular flexibility index (Phi) is 3.27. The number of amides is 1. The number of rotatable bonds is 2. The van der Waals surface area contributed by atoms with Gasteiger partial charge >= 0.3 is 0 Å². The Bertz CT molecular complexity index is 192. The molecule has 4 nitrogen and oxygen atoms in total. The molecule has 1 amide bonds. The molecule has 0 saturated carbocycles. The van der Waals surface area contributed by atoms with Gasteiger partial charge in [0, 0.05) is 26.7 Å². The third kappa shape index (κ3) is 2.42. The first-order chi connectivity index (χ1) is 6.02. The van der Waals surface area contributed by atoms with Crippen molar-refractivity contribution in [2.45, 2.75) is 19.9 Å². The molecule has 0 aliphatic carbocycles. The van der Waals surface area contributed by atoms with Crippen molar-refractivity contribution in [3.05, 3.63) is 0 Å². The predicted octanol–water partition coefficient (Wildman–Crippen LogP) is 0.346. The molecule has 0 spiro atoms. The molecule has 1 fully saturated rings. The predicted molar refractivity (Wildman–Crippen MR) is 50.0 cm³/mol. The molecule has 1 aliphatic heterocycles. The third-order valence-corrected chi connectivity index (χ3v) is 2.21. The summed E-state index contributed by atoms with van der Waals surface area (Å²) in [6.07, 6.45) is 0. The van der Waals surface area contributed by atoms with Gasteiger partial charge in [0.05, 0.1) is 12.5 Å². The summed E-state index contributed by atoms with van der Waals surface area (Å²) >= 11 is 0. The Balaban J connectivity index is 2.45. The molecule has 0 bridgehead atoms. The Morgan fingerprint density at radius 3 is 2.54 bits per heavy atom. The summed E-state index contributed by atoms with van der Waals surface area (Å²) in [5, 5.41) is 1.87. The van der Waals surface area contributed by atoms with Crippen molar-refractivity contribution in [3.63, 3.8) is 0 Å². The van der Waals surface area contributed by atoms with Crippen LogP contribution in [-0.2, 0) is 9.63 Å². The van der Waals surface area contributed by atoms with Crippen LogP contribution >= 0.6 is 0 Å². The van der Waals surface area contributed by atoms with E-state index in [9.17, 15) is 4.79 Å². The van der Waals surface area contributed by atoms with Crippen molar-refractivity contribution in [1.82, 2.24) is 9.96 Å². The molecule has 1 heterocycles. The highest BCUT2D eigenvalue weighted by Crippen LogP contribution is 2.16. The molecular formula is C9H18N2O2. The second-order valence-corrected chi connectivity index (χ2v) is 3.92. The van der Waals surface area contributed by atoms with Crippen LogP contribution in [0.25, 0.3) is 0 Å². The molecule has 1 aliphatic rings. The molecule has 0 N–H and O–H groups in total. The zero-order valence-electron chi connectivity index (χ0n) is 8.78. The van der Waals surface area contributed by atoms with Crippen LogP contribution in [0.3, 0.4) is 0 Å². The summed E-state index contributed by atoms with van der Waals surface area (Å²) < 4.78 is 0. The van der Waals surface area contributed by atoms with Gasteiger partial charge in [-0.25, -0.2) is 0 Å². The maximum absolute atomic E-state index is 11.5. The highest BCUT2D eigenvalue weighted by atomic mass is 16.7. The van der Waals surface area contributed by atoms with Crippen molar-refractivity contribution in [1.29, 1.82) is 0 Å². The molecule has 0 aromatic carbocycles. The molecule has 76 valence electrons. The van der Waals surface area contributed by atoms with E-state index >= 15 is 0 Å². The van der Waals surface area contributed by atoms with Gasteiger partial charge in [-0.05, 0) is 13.8 Å². The van der Waals surface area contributed by atoms with Gasteiger partial charge < -0.3 is 4.90 Å². The van der Waals surface area contributed by atoms with Crippen LogP contribution in [0.2, 0.25) is 0 Å². The monoisotopic (exact) mass is 186 g/mol. The van der Waals surface area contributed by atoms with Gasteiger partial charge in [-0.1, -0.05) is 0 Å². The van der Waals surface area contributed by atoms with Gasteiger partial charge in [-0.3, -0.25) is 9.63 Å². The maximum Gasteiger partial charge on any atom is 0.228 e. The molecule has 4 heteroatoms. The lowest BCUT2D eigenvalue weighted by atomic mass is 10.1. The SMILES string of the molecule is CC(C)N1CC(C(=O)N(C)C)CO1. The van der Waals surface area contributed by atoms with Gasteiger partial charge in [0.25, 0.3) is 0 Å². The third-order valence-electron chi connectivity index (χ3n) is 2.21. The average Bonchev–Trinajstić information content (AvgIpc) is 2.50. The Morgan fingerprint density at radius 2 is 2.15 bits per heavy atom. The first kappa shape index (κ1) is 10.5. The fourth-order valence-electron chi connectivity index (χ4n) is 1.38. The molecule has 0 aromatic heterocycles. The van der Waals surface area contributed by atoms with E-state index in [-0.39, 0.29) is 11.8 Å². The fourth-order valence-corrected chi connectivity index (χ4v) is 1.38. The number of hydroxylamine groups is 2. The summed E-state index contributed by atoms with van der Waals surface area (Å²) in [6, 6.07) is 0.347. The van der Waals surface area contributed by atoms with Crippen molar-refractivity contribution in [3.8, 4) is 0 Å².